The fraction of sp³-hybridized carbons (Fsp3) is 0.286. The summed E-state index contributed by atoms with van der Waals surface area (Å²) in [4.78, 5) is 29.1. The fourth-order valence-corrected chi connectivity index (χ4v) is 6.87. The Morgan fingerprint density at radius 1 is 1.05 bits per heavy atom. The second-order valence-corrected chi connectivity index (χ2v) is 12.6. The third-order valence-corrected chi connectivity index (χ3v) is 9.31. The van der Waals surface area contributed by atoms with Crippen molar-refractivity contribution in [2.45, 2.75) is 30.4 Å². The first kappa shape index (κ1) is 27.4. The van der Waals surface area contributed by atoms with Gasteiger partial charge < -0.3 is 15.5 Å². The van der Waals surface area contributed by atoms with Gasteiger partial charge in [-0.15, -0.1) is 11.3 Å². The molecule has 2 amide bonds. The maximum Gasteiger partial charge on any atom is 0.331 e. The zero-order chi connectivity index (χ0) is 27.4. The van der Waals surface area contributed by atoms with Crippen LogP contribution in [0.4, 0.5) is 16.2 Å². The molecule has 11 heteroatoms. The predicted octanol–water partition coefficient (Wildman–Crippen LogP) is 5.76. The topological polar surface area (TPSA) is 95.5 Å². The molecule has 0 spiro atoms. The lowest BCUT2D eigenvalue weighted by atomic mass is 10.1. The maximum atomic E-state index is 13.3. The number of aryl methyl sites for hydroxylation is 1. The summed E-state index contributed by atoms with van der Waals surface area (Å²) in [7, 11) is -1.66. The van der Waals surface area contributed by atoms with Gasteiger partial charge in [0, 0.05) is 34.4 Å². The molecule has 1 aliphatic rings. The van der Waals surface area contributed by atoms with Crippen molar-refractivity contribution in [2.24, 2.45) is 0 Å². The Morgan fingerprint density at radius 3 is 2.59 bits per heavy atom. The Hall–Kier alpha value is -3.18. The highest BCUT2D eigenvalue weighted by atomic mass is 35.5. The third kappa shape index (κ3) is 6.70. The van der Waals surface area contributed by atoms with Crippen molar-refractivity contribution < 1.29 is 9.00 Å². The number of urea groups is 1. The second kappa shape index (κ2) is 12.3. The predicted molar refractivity (Wildman–Crippen MR) is 161 cm³/mol. The van der Waals surface area contributed by atoms with Crippen molar-refractivity contribution in [2.75, 3.05) is 36.8 Å². The van der Waals surface area contributed by atoms with Crippen molar-refractivity contribution in [3.05, 3.63) is 81.0 Å². The first-order valence-electron chi connectivity index (χ1n) is 12.8. The van der Waals surface area contributed by atoms with E-state index in [1.165, 1.54) is 41.8 Å². The average molecular weight is 584 g/mol. The smallest absolute Gasteiger partial charge is 0.331 e. The molecule has 1 saturated heterocycles. The number of anilines is 2. The SMILES string of the molecule is Cc1ccc(S(=O)NC(=O)Nc2ccc(-n3ccc4cc(NCCCN5CCCC5)ccc4c3=O)c(Cl)c2)s1. The van der Waals surface area contributed by atoms with Crippen LogP contribution in [0.1, 0.15) is 24.1 Å². The van der Waals surface area contributed by atoms with Crippen molar-refractivity contribution in [1.29, 1.82) is 0 Å². The van der Waals surface area contributed by atoms with Gasteiger partial charge in [0.1, 0.15) is 4.21 Å². The number of aromatic nitrogens is 1. The zero-order valence-electron chi connectivity index (χ0n) is 21.5. The molecule has 4 aromatic rings. The molecule has 39 heavy (non-hydrogen) atoms. The number of halogens is 1. The molecule has 8 nitrogen and oxygen atoms in total. The molecule has 0 aliphatic carbocycles. The van der Waals surface area contributed by atoms with Gasteiger partial charge in [0.2, 0.25) is 0 Å². The van der Waals surface area contributed by atoms with Crippen LogP contribution >= 0.6 is 22.9 Å². The van der Waals surface area contributed by atoms with Crippen molar-refractivity contribution in [3.63, 3.8) is 0 Å². The van der Waals surface area contributed by atoms with E-state index >= 15 is 0 Å². The Bertz CT molecular complexity index is 1580. The largest absolute Gasteiger partial charge is 0.385 e. The second-order valence-electron chi connectivity index (χ2n) is 9.48. The summed E-state index contributed by atoms with van der Waals surface area (Å²) in [5.41, 5.74) is 1.71. The maximum absolute atomic E-state index is 13.3. The summed E-state index contributed by atoms with van der Waals surface area (Å²) in [6.07, 6.45) is 5.39. The number of hydrogen-bond acceptors (Lipinski definition) is 6. The van der Waals surface area contributed by atoms with E-state index in [0.29, 0.717) is 26.0 Å². The molecule has 1 unspecified atom stereocenters. The molecular weight excluding hydrogens is 554 g/mol. The van der Waals surface area contributed by atoms with Crippen LogP contribution in [0.5, 0.6) is 0 Å². The van der Waals surface area contributed by atoms with Gasteiger partial charge in [0.05, 0.1) is 10.7 Å². The molecule has 1 aliphatic heterocycles. The van der Waals surface area contributed by atoms with E-state index in [4.69, 9.17) is 11.6 Å². The van der Waals surface area contributed by atoms with Crippen molar-refractivity contribution in [3.8, 4) is 5.69 Å². The van der Waals surface area contributed by atoms with Gasteiger partial charge in [-0.1, -0.05) is 11.6 Å². The Balaban J connectivity index is 1.24. The van der Waals surface area contributed by atoms with Crippen molar-refractivity contribution >= 4 is 62.1 Å². The summed E-state index contributed by atoms with van der Waals surface area (Å²) < 4.78 is 16.8. The van der Waals surface area contributed by atoms with Gasteiger partial charge in [-0.25, -0.2) is 9.00 Å². The van der Waals surface area contributed by atoms with Crippen LogP contribution in [0, 0.1) is 6.92 Å². The molecule has 0 saturated carbocycles. The molecule has 1 atom stereocenters. The molecule has 1 fully saturated rings. The number of carbonyl (C=O) groups excluding carboxylic acids is 1. The van der Waals surface area contributed by atoms with Crippen LogP contribution in [-0.4, -0.2) is 45.9 Å². The van der Waals surface area contributed by atoms with Gasteiger partial charge in [0.25, 0.3) is 5.56 Å². The minimum Gasteiger partial charge on any atom is -0.385 e. The number of rotatable bonds is 9. The zero-order valence-corrected chi connectivity index (χ0v) is 23.9. The summed E-state index contributed by atoms with van der Waals surface area (Å²) in [5.74, 6) is 0. The normalized spacial score (nSPS) is 14.4. The lowest BCUT2D eigenvalue weighted by Gasteiger charge is -2.15. The Kier molecular flexibility index (Phi) is 8.66. The van der Waals surface area contributed by atoms with Gasteiger partial charge in [-0.05, 0) is 106 Å². The number of thiophene rings is 1. The van der Waals surface area contributed by atoms with E-state index in [1.54, 1.807) is 30.5 Å². The number of carbonyl (C=O) groups is 1. The molecule has 0 radical (unpaired) electrons. The van der Waals surface area contributed by atoms with Crippen LogP contribution in [0.15, 0.2) is 69.8 Å². The number of nitrogens with one attached hydrogen (secondary N) is 3. The highest BCUT2D eigenvalue weighted by molar-refractivity contribution is 7.86. The van der Waals surface area contributed by atoms with Gasteiger partial charge >= 0.3 is 6.03 Å². The van der Waals surface area contributed by atoms with E-state index < -0.39 is 17.0 Å². The molecule has 3 heterocycles. The summed E-state index contributed by atoms with van der Waals surface area (Å²) in [6.45, 7) is 6.32. The molecular formula is C28H30ClN5O3S2. The van der Waals surface area contributed by atoms with Crippen LogP contribution in [0.25, 0.3) is 16.5 Å². The van der Waals surface area contributed by atoms with Crippen LogP contribution in [0.3, 0.4) is 0 Å². The molecule has 0 bridgehead atoms. The lowest BCUT2D eigenvalue weighted by Crippen LogP contribution is -2.30. The van der Waals surface area contributed by atoms with E-state index in [0.717, 1.165) is 35.5 Å². The molecule has 2 aromatic carbocycles. The molecule has 2 aromatic heterocycles. The third-order valence-electron chi connectivity index (χ3n) is 6.63. The van der Waals surface area contributed by atoms with E-state index in [1.807, 2.05) is 37.3 Å². The van der Waals surface area contributed by atoms with Crippen molar-refractivity contribution in [1.82, 2.24) is 14.2 Å². The van der Waals surface area contributed by atoms with Crippen LogP contribution < -0.4 is 20.9 Å². The van der Waals surface area contributed by atoms with Crippen LogP contribution in [0.2, 0.25) is 5.02 Å². The summed E-state index contributed by atoms with van der Waals surface area (Å²) in [6, 6.07) is 15.5. The summed E-state index contributed by atoms with van der Waals surface area (Å²) >= 11 is 7.87. The number of nitrogens with zero attached hydrogens (tertiary/aromatic N) is 2. The minimum absolute atomic E-state index is 0.185. The first-order valence-corrected chi connectivity index (χ1v) is 15.2. The molecule has 204 valence electrons. The number of likely N-dealkylation sites (tertiary alicyclic amines) is 1. The number of pyridine rings is 1. The number of amides is 2. The van der Waals surface area contributed by atoms with Gasteiger partial charge in [-0.3, -0.25) is 14.1 Å². The van der Waals surface area contributed by atoms with Gasteiger partial charge in [-0.2, -0.15) is 0 Å². The summed E-state index contributed by atoms with van der Waals surface area (Å²) in [5, 5.41) is 7.83. The lowest BCUT2D eigenvalue weighted by molar-refractivity contribution is 0.257. The average Bonchev–Trinajstić information content (AvgIpc) is 3.59. The van der Waals surface area contributed by atoms with E-state index in [9.17, 15) is 13.8 Å². The Labute approximate surface area is 238 Å². The minimum atomic E-state index is -1.66. The number of benzene rings is 2. The van der Waals surface area contributed by atoms with Gasteiger partial charge in [0.15, 0.2) is 11.0 Å². The number of hydrogen-bond donors (Lipinski definition) is 3. The highest BCUT2D eigenvalue weighted by Crippen LogP contribution is 2.25. The van der Waals surface area contributed by atoms with E-state index in [-0.39, 0.29) is 5.56 Å². The standard InChI is InChI=1S/C28H30ClN5O3S2/c1-19-5-10-26(38-19)39(37)32-28(36)31-22-7-9-25(24(29)18-22)34-16-11-20-17-21(6-8-23(20)27(34)35)30-12-4-15-33-13-2-3-14-33/h5-11,16-18,30H,2-4,12-15H2,1H3,(H2,31,32,36). The van der Waals surface area contributed by atoms with E-state index in [2.05, 4.69) is 20.3 Å². The molecule has 5 rings (SSSR count). The quantitative estimate of drug-likeness (QED) is 0.218. The monoisotopic (exact) mass is 583 g/mol. The molecule has 3 N–H and O–H groups in total. The fourth-order valence-electron chi connectivity index (χ4n) is 4.67. The highest BCUT2D eigenvalue weighted by Gasteiger charge is 2.14. The Morgan fingerprint density at radius 2 is 1.85 bits per heavy atom. The van der Waals surface area contributed by atoms with Crippen LogP contribution in [-0.2, 0) is 11.0 Å². The first-order chi connectivity index (χ1) is 18.9. The number of fused-ring (bicyclic) bond motifs is 1.